The minimum Gasteiger partial charge on any atom is -0.478 e. The summed E-state index contributed by atoms with van der Waals surface area (Å²) >= 11 is 0. The molecule has 0 aliphatic rings. The lowest BCUT2D eigenvalue weighted by atomic mass is 9.98. The molecule has 0 aliphatic heterocycles. The van der Waals surface area contributed by atoms with Crippen molar-refractivity contribution in [2.24, 2.45) is 0 Å². The number of rotatable bonds is 5. The first-order valence-corrected chi connectivity index (χ1v) is 10.7. The molecule has 0 unspecified atom stereocenters. The van der Waals surface area contributed by atoms with Crippen LogP contribution >= 0.6 is 0 Å². The van der Waals surface area contributed by atoms with Gasteiger partial charge in [-0.25, -0.2) is 9.59 Å². The Labute approximate surface area is 192 Å². The summed E-state index contributed by atoms with van der Waals surface area (Å²) in [5.41, 5.74) is 4.67. The third kappa shape index (κ3) is 4.80. The average Bonchev–Trinajstić information content (AvgIpc) is 3.08. The smallest absolute Gasteiger partial charge is 0.339 e. The lowest BCUT2D eigenvalue weighted by Crippen LogP contribution is -2.24. The number of carbonyl (C=O) groups excluding carboxylic acids is 1. The van der Waals surface area contributed by atoms with E-state index in [4.69, 9.17) is 4.74 Å². The number of esters is 1. The monoisotopic (exact) mass is 442 g/mol. The lowest BCUT2D eigenvalue weighted by Gasteiger charge is -2.20. The van der Waals surface area contributed by atoms with Gasteiger partial charge in [-0.15, -0.1) is 0 Å². The minimum atomic E-state index is -0.952. The fourth-order valence-corrected chi connectivity index (χ4v) is 3.80. The van der Waals surface area contributed by atoms with Crippen molar-refractivity contribution in [1.82, 2.24) is 9.78 Å². The fraction of sp³-hybridized carbons (Fsp3) is 0.222. The molecule has 0 amide bonds. The van der Waals surface area contributed by atoms with Gasteiger partial charge in [-0.2, -0.15) is 5.10 Å². The quantitative estimate of drug-likeness (QED) is 0.400. The van der Waals surface area contributed by atoms with Crippen molar-refractivity contribution in [3.63, 3.8) is 0 Å². The molecule has 0 spiro atoms. The molecule has 168 valence electrons. The standard InChI is InChI=1S/C27H26N2O4/c1-17-23-15-20(25(30)31)13-14-24(23)29(28-17)16-18-9-11-19(12-10-18)21-7-5-6-8-22(21)26(32)33-27(2,3)4/h5-15H,16H2,1-4H3,(H,30,31). The van der Waals surface area contributed by atoms with Crippen molar-refractivity contribution >= 4 is 22.8 Å². The molecule has 4 aromatic rings. The Kier molecular flexibility index (Phi) is 5.77. The van der Waals surface area contributed by atoms with E-state index in [1.807, 2.05) is 74.8 Å². The first-order valence-electron chi connectivity index (χ1n) is 10.7. The van der Waals surface area contributed by atoms with Crippen LogP contribution in [0.15, 0.2) is 66.7 Å². The van der Waals surface area contributed by atoms with Crippen LogP contribution in [0.4, 0.5) is 0 Å². The van der Waals surface area contributed by atoms with Crippen LogP contribution in [-0.2, 0) is 11.3 Å². The summed E-state index contributed by atoms with van der Waals surface area (Å²) in [5, 5.41) is 14.7. The summed E-state index contributed by atoms with van der Waals surface area (Å²) in [5.74, 6) is -1.30. The molecule has 0 saturated heterocycles. The molecule has 1 aromatic heterocycles. The van der Waals surface area contributed by atoms with E-state index in [2.05, 4.69) is 5.10 Å². The Morgan fingerprint density at radius 2 is 1.70 bits per heavy atom. The van der Waals surface area contributed by atoms with Gasteiger partial charge in [-0.1, -0.05) is 42.5 Å². The molecule has 33 heavy (non-hydrogen) atoms. The zero-order valence-electron chi connectivity index (χ0n) is 19.1. The van der Waals surface area contributed by atoms with Crippen molar-refractivity contribution in [2.45, 2.75) is 39.8 Å². The van der Waals surface area contributed by atoms with Crippen LogP contribution in [0.2, 0.25) is 0 Å². The van der Waals surface area contributed by atoms with E-state index < -0.39 is 11.6 Å². The van der Waals surface area contributed by atoms with Crippen LogP contribution in [-0.4, -0.2) is 32.4 Å². The van der Waals surface area contributed by atoms with Gasteiger partial charge in [-0.3, -0.25) is 4.68 Å². The molecular formula is C27H26N2O4. The zero-order valence-corrected chi connectivity index (χ0v) is 19.1. The number of hydrogen-bond donors (Lipinski definition) is 1. The van der Waals surface area contributed by atoms with Crippen LogP contribution in [0.1, 0.15) is 52.7 Å². The van der Waals surface area contributed by atoms with Crippen molar-refractivity contribution in [3.8, 4) is 11.1 Å². The van der Waals surface area contributed by atoms with Crippen LogP contribution in [0, 0.1) is 6.92 Å². The highest BCUT2D eigenvalue weighted by atomic mass is 16.6. The molecule has 0 fully saturated rings. The topological polar surface area (TPSA) is 81.4 Å². The second kappa shape index (κ2) is 8.54. The number of carbonyl (C=O) groups is 2. The van der Waals surface area contributed by atoms with Crippen molar-refractivity contribution in [3.05, 3.63) is 89.1 Å². The Bertz CT molecular complexity index is 1350. The summed E-state index contributed by atoms with van der Waals surface area (Å²) < 4.78 is 7.44. The number of fused-ring (bicyclic) bond motifs is 1. The molecule has 6 nitrogen and oxygen atoms in total. The number of nitrogens with zero attached hydrogens (tertiary/aromatic N) is 2. The highest BCUT2D eigenvalue weighted by molar-refractivity contribution is 5.97. The number of carboxylic acids is 1. The normalized spacial score (nSPS) is 11.5. The van der Waals surface area contributed by atoms with Gasteiger partial charge in [0.2, 0.25) is 0 Å². The molecule has 0 radical (unpaired) electrons. The highest BCUT2D eigenvalue weighted by Crippen LogP contribution is 2.27. The minimum absolute atomic E-state index is 0.248. The van der Waals surface area contributed by atoms with E-state index in [9.17, 15) is 14.7 Å². The Hall–Kier alpha value is -3.93. The molecule has 0 aliphatic carbocycles. The number of benzene rings is 3. The number of aryl methyl sites for hydroxylation is 1. The van der Waals surface area contributed by atoms with E-state index >= 15 is 0 Å². The Morgan fingerprint density at radius 3 is 2.36 bits per heavy atom. The molecule has 4 rings (SSSR count). The Morgan fingerprint density at radius 1 is 1.00 bits per heavy atom. The van der Waals surface area contributed by atoms with E-state index in [1.54, 1.807) is 24.3 Å². The van der Waals surface area contributed by atoms with Crippen LogP contribution < -0.4 is 0 Å². The predicted octanol–water partition coefficient (Wildman–Crippen LogP) is 5.71. The average molecular weight is 443 g/mol. The molecule has 1 N–H and O–H groups in total. The first kappa shape index (κ1) is 22.3. The lowest BCUT2D eigenvalue weighted by molar-refractivity contribution is 0.00702. The maximum Gasteiger partial charge on any atom is 0.339 e. The van der Waals surface area contributed by atoms with Gasteiger partial charge in [0.05, 0.1) is 28.9 Å². The summed E-state index contributed by atoms with van der Waals surface area (Å²) in [6.07, 6.45) is 0. The van der Waals surface area contributed by atoms with E-state index in [1.165, 1.54) is 0 Å². The summed E-state index contributed by atoms with van der Waals surface area (Å²) in [6.45, 7) is 7.98. The van der Waals surface area contributed by atoms with Gasteiger partial charge in [0, 0.05) is 5.39 Å². The third-order valence-corrected chi connectivity index (χ3v) is 5.33. The molecule has 0 atom stereocenters. The molecule has 3 aromatic carbocycles. The van der Waals surface area contributed by atoms with Crippen LogP contribution in [0.25, 0.3) is 22.0 Å². The summed E-state index contributed by atoms with van der Waals surface area (Å²) in [4.78, 5) is 24.0. The predicted molar refractivity (Wildman–Crippen MR) is 128 cm³/mol. The van der Waals surface area contributed by atoms with Gasteiger partial charge in [0.15, 0.2) is 0 Å². The number of aromatic carboxylic acids is 1. The van der Waals surface area contributed by atoms with Gasteiger partial charge in [0.1, 0.15) is 5.60 Å². The summed E-state index contributed by atoms with van der Waals surface area (Å²) in [6, 6.07) is 20.5. The second-order valence-corrected chi connectivity index (χ2v) is 9.02. The summed E-state index contributed by atoms with van der Waals surface area (Å²) in [7, 11) is 0. The van der Waals surface area contributed by atoms with Crippen molar-refractivity contribution in [2.75, 3.05) is 0 Å². The molecule has 1 heterocycles. The second-order valence-electron chi connectivity index (χ2n) is 9.02. The van der Waals surface area contributed by atoms with Crippen molar-refractivity contribution < 1.29 is 19.4 Å². The number of hydrogen-bond acceptors (Lipinski definition) is 4. The molecule has 0 saturated carbocycles. The Balaban J connectivity index is 1.61. The van der Waals surface area contributed by atoms with Gasteiger partial charge < -0.3 is 9.84 Å². The first-order chi connectivity index (χ1) is 15.6. The van der Waals surface area contributed by atoms with Crippen LogP contribution in [0.3, 0.4) is 0 Å². The maximum atomic E-state index is 12.7. The zero-order chi connectivity index (χ0) is 23.8. The maximum absolute atomic E-state index is 12.7. The number of carboxylic acid groups (broad SMARTS) is 1. The molecular weight excluding hydrogens is 416 g/mol. The van der Waals surface area contributed by atoms with E-state index in [0.717, 1.165) is 33.3 Å². The highest BCUT2D eigenvalue weighted by Gasteiger charge is 2.20. The van der Waals surface area contributed by atoms with Crippen LogP contribution in [0.5, 0.6) is 0 Å². The van der Waals surface area contributed by atoms with Gasteiger partial charge in [-0.05, 0) is 68.7 Å². The third-order valence-electron chi connectivity index (χ3n) is 5.33. The van der Waals surface area contributed by atoms with E-state index in [0.29, 0.717) is 12.1 Å². The number of ether oxygens (including phenoxy) is 1. The fourth-order valence-electron chi connectivity index (χ4n) is 3.80. The number of aromatic nitrogens is 2. The van der Waals surface area contributed by atoms with Crippen molar-refractivity contribution in [1.29, 1.82) is 0 Å². The largest absolute Gasteiger partial charge is 0.478 e. The molecule has 0 bridgehead atoms. The van der Waals surface area contributed by atoms with E-state index in [-0.39, 0.29) is 11.5 Å². The van der Waals surface area contributed by atoms with Gasteiger partial charge >= 0.3 is 11.9 Å². The van der Waals surface area contributed by atoms with Gasteiger partial charge in [0.25, 0.3) is 0 Å². The SMILES string of the molecule is Cc1nn(Cc2ccc(-c3ccccc3C(=O)OC(C)(C)C)cc2)c2ccc(C(=O)O)cc12. The molecule has 6 heteroatoms.